The van der Waals surface area contributed by atoms with E-state index in [2.05, 4.69) is 107 Å². The van der Waals surface area contributed by atoms with E-state index in [1.165, 1.54) is 75.1 Å². The van der Waals surface area contributed by atoms with E-state index in [0.29, 0.717) is 72.2 Å². The number of hydrogen-bond acceptors (Lipinski definition) is 11. The molecule has 12 aliphatic rings. The third kappa shape index (κ3) is 11.2. The second kappa shape index (κ2) is 23.8. The maximum Gasteiger partial charge on any atom is 0.302 e. The Labute approximate surface area is 521 Å². The summed E-state index contributed by atoms with van der Waals surface area (Å²) in [5.41, 5.74) is 3.23. The predicted molar refractivity (Wildman–Crippen MR) is 344 cm³/mol. The number of fused-ring (bicyclic) bond motifs is 15. The Kier molecular flexibility index (Phi) is 18.4. The molecule has 9 unspecified atom stereocenters. The lowest BCUT2D eigenvalue weighted by molar-refractivity contribution is -0.157. The first-order valence-corrected chi connectivity index (χ1v) is 40.5. The minimum atomic E-state index is -1.81. The number of rotatable bonds is 9. The number of aliphatic hydroxyl groups is 2. The molecule has 86 heavy (non-hydrogen) atoms. The lowest BCUT2D eigenvalue weighted by atomic mass is 9.47. The molecule has 21 atom stereocenters. The summed E-state index contributed by atoms with van der Waals surface area (Å²) in [6, 6.07) is 0. The van der Waals surface area contributed by atoms with Crippen molar-refractivity contribution in [2.45, 2.75) is 303 Å². The van der Waals surface area contributed by atoms with E-state index in [-0.39, 0.29) is 85.0 Å². The summed E-state index contributed by atoms with van der Waals surface area (Å²) in [6.07, 6.45) is 34.7. The first-order valence-electron chi connectivity index (χ1n) is 34.7. The van der Waals surface area contributed by atoms with Crippen LogP contribution in [0.15, 0.2) is 34.9 Å². The zero-order valence-corrected chi connectivity index (χ0v) is 58.2. The normalized spacial score (nSPS) is 44.8. The molecule has 482 valence electrons. The van der Waals surface area contributed by atoms with E-state index in [1.807, 2.05) is 0 Å². The molecular weight excluding hydrogens is 1110 g/mol. The minimum Gasteiger partial charge on any atom is -0.462 e. The minimum absolute atomic E-state index is 0.00760. The van der Waals surface area contributed by atoms with Gasteiger partial charge in [-0.3, -0.25) is 9.59 Å². The van der Waals surface area contributed by atoms with Gasteiger partial charge in [-0.05, 0) is 248 Å². The number of hydrogen-bond donors (Lipinski definition) is 2. The maximum absolute atomic E-state index is 13.0. The van der Waals surface area contributed by atoms with Gasteiger partial charge in [0.05, 0.1) is 34.6 Å². The number of carbonyl (C=O) groups is 5. The Morgan fingerprint density at radius 1 is 0.465 bits per heavy atom. The van der Waals surface area contributed by atoms with Crippen LogP contribution in [0.5, 0.6) is 0 Å². The molecule has 12 aliphatic carbocycles. The van der Waals surface area contributed by atoms with Gasteiger partial charge in [-0.15, -0.1) is 0 Å². The van der Waals surface area contributed by atoms with Gasteiger partial charge in [0.1, 0.15) is 31.1 Å². The molecule has 2 N–H and O–H groups in total. The molecule has 0 bridgehead atoms. The summed E-state index contributed by atoms with van der Waals surface area (Å²) in [5.74, 6) is 4.25. The van der Waals surface area contributed by atoms with Crippen molar-refractivity contribution in [2.75, 3.05) is 0 Å². The van der Waals surface area contributed by atoms with Crippen LogP contribution in [0.1, 0.15) is 230 Å². The maximum atomic E-state index is 13.0. The molecular formula is C73H116O11Si2. The highest BCUT2D eigenvalue weighted by atomic mass is 28.4. The van der Waals surface area contributed by atoms with E-state index in [4.69, 9.17) is 18.3 Å². The van der Waals surface area contributed by atoms with Crippen molar-refractivity contribution in [1.82, 2.24) is 0 Å². The predicted octanol–water partition coefficient (Wildman–Crippen LogP) is 15.8. The van der Waals surface area contributed by atoms with E-state index in [0.717, 1.165) is 116 Å². The van der Waals surface area contributed by atoms with Gasteiger partial charge in [0.2, 0.25) is 0 Å². The van der Waals surface area contributed by atoms with Crippen LogP contribution < -0.4 is 0 Å². The number of carbonyl (C=O) groups excluding carboxylic acids is 5. The van der Waals surface area contributed by atoms with Gasteiger partial charge < -0.3 is 42.9 Å². The quantitative estimate of drug-likeness (QED) is 0.0978. The summed E-state index contributed by atoms with van der Waals surface area (Å²) >= 11 is 0. The number of ether oxygens (including phenoxy) is 2. The van der Waals surface area contributed by atoms with Gasteiger partial charge in [0.15, 0.2) is 16.6 Å². The highest BCUT2D eigenvalue weighted by Gasteiger charge is 2.65. The highest BCUT2D eigenvalue weighted by molar-refractivity contribution is 6.74. The molecule has 0 saturated heterocycles. The molecule has 0 amide bonds. The lowest BCUT2D eigenvalue weighted by Crippen LogP contribution is -2.55. The number of esters is 2. The monoisotopic (exact) mass is 1220 g/mol. The summed E-state index contributed by atoms with van der Waals surface area (Å²) in [7, 11) is -3.62. The van der Waals surface area contributed by atoms with E-state index >= 15 is 0 Å². The smallest absolute Gasteiger partial charge is 0.302 e. The van der Waals surface area contributed by atoms with E-state index in [9.17, 15) is 34.2 Å². The van der Waals surface area contributed by atoms with E-state index in [1.54, 1.807) is 0 Å². The molecule has 11 nitrogen and oxygen atoms in total. The first kappa shape index (κ1) is 66.4. The van der Waals surface area contributed by atoms with Gasteiger partial charge in [-0.25, -0.2) is 0 Å². The van der Waals surface area contributed by atoms with Crippen LogP contribution in [-0.4, -0.2) is 94.3 Å². The van der Waals surface area contributed by atoms with Crippen molar-refractivity contribution >= 4 is 47.4 Å². The fraction of sp³-hybridized carbons (Fsp3) is 0.849. The lowest BCUT2D eigenvalue weighted by Gasteiger charge is -2.58. The molecule has 0 aromatic carbocycles. The van der Waals surface area contributed by atoms with Gasteiger partial charge in [-0.1, -0.05) is 97.3 Å². The fourth-order valence-electron chi connectivity index (χ4n) is 21.7. The third-order valence-corrected chi connectivity index (χ3v) is 37.6. The summed E-state index contributed by atoms with van der Waals surface area (Å²) in [4.78, 5) is 60.5. The summed E-state index contributed by atoms with van der Waals surface area (Å²) in [5, 5.41) is 20.9. The summed E-state index contributed by atoms with van der Waals surface area (Å²) < 4.78 is 25.1. The number of allylic oxidation sites excluding steroid dienone is 3. The van der Waals surface area contributed by atoms with Crippen molar-refractivity contribution in [3.8, 4) is 0 Å². The van der Waals surface area contributed by atoms with E-state index < -0.39 is 16.6 Å². The SMILES string of the molecule is CC(=O)O[C@H]1CC[C@@]2(C=O)C(=CCC3C2CC[C@@]2(C)C3CC[C@@H]2OC(C)=O)C1.CC(C)(C)[Si](C)(C)O[C@H]1CC[C@@]2(C=O)C(=CCC3C2CC[C@@]2(C)C3CC[C@@H]2O[Si](C)(C)C(C)(C)C)C1.C[C@]12CCC3C(CC=C4C[C@@H](O)CC[C@@]43C=O)C1CC[C@@H]2O. The molecule has 12 rings (SSSR count). The van der Waals surface area contributed by atoms with Crippen molar-refractivity contribution in [3.63, 3.8) is 0 Å². The van der Waals surface area contributed by atoms with Crippen LogP contribution in [0, 0.1) is 85.8 Å². The Morgan fingerprint density at radius 3 is 1.31 bits per heavy atom. The second-order valence-electron chi connectivity index (χ2n) is 34.5. The van der Waals surface area contributed by atoms with Gasteiger partial charge >= 0.3 is 11.9 Å². The average Bonchev–Trinajstić information content (AvgIpc) is 1.70. The van der Waals surface area contributed by atoms with Crippen LogP contribution in [0.2, 0.25) is 36.3 Å². The Balaban J connectivity index is 0.000000147. The zero-order chi connectivity index (χ0) is 62.6. The first-order chi connectivity index (χ1) is 40.2. The number of aliphatic hydroxyl groups excluding tert-OH is 2. The fourth-order valence-corrected chi connectivity index (χ4v) is 24.5. The van der Waals surface area contributed by atoms with Crippen molar-refractivity contribution in [1.29, 1.82) is 0 Å². The van der Waals surface area contributed by atoms with Crippen LogP contribution in [0.25, 0.3) is 0 Å². The number of aldehydes is 3. The topological polar surface area (TPSA) is 163 Å². The van der Waals surface area contributed by atoms with Crippen molar-refractivity contribution < 1.29 is 52.5 Å². The average molecular weight is 1230 g/mol. The van der Waals surface area contributed by atoms with Gasteiger partial charge in [0.25, 0.3) is 0 Å². The van der Waals surface area contributed by atoms with Crippen LogP contribution in [0.3, 0.4) is 0 Å². The van der Waals surface area contributed by atoms with Crippen molar-refractivity contribution in [3.05, 3.63) is 34.9 Å². The highest BCUT2D eigenvalue weighted by Crippen LogP contribution is 2.69. The molecule has 0 aromatic rings. The molecule has 9 fully saturated rings. The Hall–Kier alpha value is -2.56. The molecule has 0 heterocycles. The second-order valence-corrected chi connectivity index (χ2v) is 44.0. The molecule has 13 heteroatoms. The van der Waals surface area contributed by atoms with Crippen molar-refractivity contribution in [2.24, 2.45) is 85.8 Å². The third-order valence-electron chi connectivity index (χ3n) is 28.6. The molecule has 0 aliphatic heterocycles. The largest absolute Gasteiger partial charge is 0.462 e. The zero-order valence-electron chi connectivity index (χ0n) is 56.2. The Morgan fingerprint density at radius 2 is 0.849 bits per heavy atom. The summed E-state index contributed by atoms with van der Waals surface area (Å²) in [6.45, 7) is 33.7. The van der Waals surface area contributed by atoms with Crippen LogP contribution in [0.4, 0.5) is 0 Å². The van der Waals surface area contributed by atoms with Crippen LogP contribution >= 0.6 is 0 Å². The van der Waals surface area contributed by atoms with Gasteiger partial charge in [0, 0.05) is 31.8 Å². The molecule has 0 aromatic heterocycles. The molecule has 0 spiro atoms. The molecule has 0 radical (unpaired) electrons. The molecule has 9 saturated carbocycles. The standard InChI is InChI=1S/C31H56O3Si2.C23H32O5.C19H28O3/c1-28(2,3)35(8,9)33-23-16-19-31(21-32)22(20-23)12-13-24-25-14-15-27(30(25,7)18-17-26(24)31)34-36(10,11)29(4,5)6;1-14(25)27-17-8-11-23(13-24)16(12-17)4-5-18-19-6-7-21(28-15(2)26)22(19,3)10-9-20(18)23;1-18-8-7-16-14(15(18)4-5-17(18)22)3-2-12-10-13(21)6-9-19(12,16)11-20/h12,21,23-27H,13-20H2,1-11H3;4,13,17-21H,5-12H2,1-3H3;2,11,13-17,21-22H,3-10H2,1H3/t23-,24?,25?,26?,27-,30-,31+;17-,18?,19?,20?,21-,22-,23+;13-,14?,15?,16?,17-,18-,19+/m000/s1. The van der Waals surface area contributed by atoms with Crippen LogP contribution in [-0.2, 0) is 42.3 Å². The Bertz CT molecular complexity index is 2660. The van der Waals surface area contributed by atoms with Gasteiger partial charge in [-0.2, -0.15) is 0 Å².